The number of likely N-dealkylation sites (N-methyl/N-ethyl adjacent to an activating group) is 1. The summed E-state index contributed by atoms with van der Waals surface area (Å²) in [6, 6.07) is 5.03. The number of benzene rings is 1. The minimum Gasteiger partial charge on any atom is -0.314 e. The predicted molar refractivity (Wildman–Crippen MR) is 58.3 cm³/mol. The van der Waals surface area contributed by atoms with Gasteiger partial charge in [0.25, 0.3) is 0 Å². The van der Waals surface area contributed by atoms with Gasteiger partial charge in [0, 0.05) is 16.6 Å². The average Bonchev–Trinajstić information content (AvgIpc) is 2.12. The van der Waals surface area contributed by atoms with Crippen LogP contribution >= 0.6 is 11.6 Å². The molecule has 0 bridgehead atoms. The van der Waals surface area contributed by atoms with E-state index < -0.39 is 0 Å². The predicted octanol–water partition coefficient (Wildman–Crippen LogP) is 3.02. The maximum Gasteiger partial charge on any atom is 0.127 e. The van der Waals surface area contributed by atoms with E-state index in [0.29, 0.717) is 17.0 Å². The van der Waals surface area contributed by atoms with Crippen LogP contribution in [-0.4, -0.2) is 12.6 Å². The quantitative estimate of drug-likeness (QED) is 0.814. The van der Waals surface area contributed by atoms with E-state index >= 15 is 0 Å². The Morgan fingerprint density at radius 2 is 2.21 bits per heavy atom. The number of rotatable bonds is 4. The third kappa shape index (κ3) is 2.96. The SMILES string of the molecule is CCNC(C)Cc1c(F)cccc1Cl. The lowest BCUT2D eigenvalue weighted by atomic mass is 10.1. The van der Waals surface area contributed by atoms with Crippen molar-refractivity contribution < 1.29 is 4.39 Å². The van der Waals surface area contributed by atoms with Crippen molar-refractivity contribution in [2.45, 2.75) is 26.3 Å². The number of hydrogen-bond donors (Lipinski definition) is 1. The molecule has 1 N–H and O–H groups in total. The summed E-state index contributed by atoms with van der Waals surface area (Å²) < 4.78 is 13.3. The maximum absolute atomic E-state index is 13.3. The molecule has 0 heterocycles. The fourth-order valence-electron chi connectivity index (χ4n) is 1.45. The number of hydrogen-bond acceptors (Lipinski definition) is 1. The van der Waals surface area contributed by atoms with Gasteiger partial charge in [0.1, 0.15) is 5.82 Å². The summed E-state index contributed by atoms with van der Waals surface area (Å²) in [7, 11) is 0. The van der Waals surface area contributed by atoms with Gasteiger partial charge in [-0.05, 0) is 32.0 Å². The van der Waals surface area contributed by atoms with Crippen LogP contribution in [0.2, 0.25) is 5.02 Å². The Hall–Kier alpha value is -0.600. The molecule has 1 unspecified atom stereocenters. The number of halogens is 2. The molecule has 3 heteroatoms. The Morgan fingerprint density at radius 1 is 1.50 bits per heavy atom. The topological polar surface area (TPSA) is 12.0 Å². The third-order valence-corrected chi connectivity index (χ3v) is 2.48. The van der Waals surface area contributed by atoms with E-state index in [9.17, 15) is 4.39 Å². The van der Waals surface area contributed by atoms with E-state index in [1.54, 1.807) is 12.1 Å². The Bertz CT molecular complexity index is 281. The van der Waals surface area contributed by atoms with Crippen LogP contribution in [0.3, 0.4) is 0 Å². The van der Waals surface area contributed by atoms with Crippen molar-refractivity contribution in [1.82, 2.24) is 5.32 Å². The lowest BCUT2D eigenvalue weighted by molar-refractivity contribution is 0.540. The van der Waals surface area contributed by atoms with Crippen LogP contribution in [0, 0.1) is 5.82 Å². The average molecular weight is 216 g/mol. The van der Waals surface area contributed by atoms with Gasteiger partial charge in [-0.1, -0.05) is 24.6 Å². The zero-order chi connectivity index (χ0) is 10.6. The van der Waals surface area contributed by atoms with Gasteiger partial charge < -0.3 is 5.32 Å². The Balaban J connectivity index is 2.75. The molecule has 0 aliphatic rings. The standard InChI is InChI=1S/C11H15ClFN/c1-3-14-8(2)7-9-10(12)5-4-6-11(9)13/h4-6,8,14H,3,7H2,1-2H3. The molecular formula is C11H15ClFN. The van der Waals surface area contributed by atoms with Crippen LogP contribution in [0.4, 0.5) is 4.39 Å². The largest absolute Gasteiger partial charge is 0.314 e. The highest BCUT2D eigenvalue weighted by Crippen LogP contribution is 2.20. The molecule has 0 amide bonds. The van der Waals surface area contributed by atoms with Gasteiger partial charge in [0.05, 0.1) is 0 Å². The maximum atomic E-state index is 13.3. The summed E-state index contributed by atoms with van der Waals surface area (Å²) >= 11 is 5.91. The fourth-order valence-corrected chi connectivity index (χ4v) is 1.69. The summed E-state index contributed by atoms with van der Waals surface area (Å²) in [6.45, 7) is 4.93. The van der Waals surface area contributed by atoms with Gasteiger partial charge in [-0.15, -0.1) is 0 Å². The van der Waals surface area contributed by atoms with E-state index in [-0.39, 0.29) is 11.9 Å². The first-order chi connectivity index (χ1) is 6.65. The summed E-state index contributed by atoms with van der Waals surface area (Å²) in [6.07, 6.45) is 0.624. The van der Waals surface area contributed by atoms with Crippen LogP contribution in [0.5, 0.6) is 0 Å². The number of nitrogens with one attached hydrogen (secondary N) is 1. The van der Waals surface area contributed by atoms with Gasteiger partial charge in [-0.2, -0.15) is 0 Å². The van der Waals surface area contributed by atoms with Crippen LogP contribution in [0.15, 0.2) is 18.2 Å². The minimum absolute atomic E-state index is 0.220. The summed E-state index contributed by atoms with van der Waals surface area (Å²) in [5, 5.41) is 3.73. The summed E-state index contributed by atoms with van der Waals surface area (Å²) in [5.41, 5.74) is 0.600. The van der Waals surface area contributed by atoms with Crippen LogP contribution in [-0.2, 0) is 6.42 Å². The molecule has 0 aromatic heterocycles. The highest BCUT2D eigenvalue weighted by Gasteiger charge is 2.10. The molecule has 1 rings (SSSR count). The zero-order valence-electron chi connectivity index (χ0n) is 8.48. The van der Waals surface area contributed by atoms with Gasteiger partial charge in [0.2, 0.25) is 0 Å². The van der Waals surface area contributed by atoms with Crippen molar-refractivity contribution >= 4 is 11.6 Å². The lowest BCUT2D eigenvalue weighted by Crippen LogP contribution is -2.28. The minimum atomic E-state index is -0.220. The van der Waals surface area contributed by atoms with E-state index in [1.165, 1.54) is 6.07 Å². The van der Waals surface area contributed by atoms with E-state index in [4.69, 9.17) is 11.6 Å². The molecule has 0 saturated heterocycles. The highest BCUT2D eigenvalue weighted by atomic mass is 35.5. The van der Waals surface area contributed by atoms with Crippen molar-refractivity contribution in [3.8, 4) is 0 Å². The van der Waals surface area contributed by atoms with Gasteiger partial charge in [-0.25, -0.2) is 4.39 Å². The molecule has 14 heavy (non-hydrogen) atoms. The first kappa shape index (κ1) is 11.5. The summed E-state index contributed by atoms with van der Waals surface area (Å²) in [4.78, 5) is 0. The Morgan fingerprint density at radius 3 is 2.79 bits per heavy atom. The molecule has 1 atom stereocenters. The van der Waals surface area contributed by atoms with Crippen LogP contribution in [0.1, 0.15) is 19.4 Å². The lowest BCUT2D eigenvalue weighted by Gasteiger charge is -2.13. The zero-order valence-corrected chi connectivity index (χ0v) is 9.24. The second-order valence-electron chi connectivity index (χ2n) is 3.36. The van der Waals surface area contributed by atoms with E-state index in [1.807, 2.05) is 13.8 Å². The van der Waals surface area contributed by atoms with Crippen LogP contribution < -0.4 is 5.32 Å². The molecule has 78 valence electrons. The molecule has 0 aliphatic heterocycles. The van der Waals surface area contributed by atoms with Gasteiger partial charge in [-0.3, -0.25) is 0 Å². The molecule has 0 radical (unpaired) electrons. The molecule has 1 aromatic rings. The molecular weight excluding hydrogens is 201 g/mol. The van der Waals surface area contributed by atoms with Crippen molar-refractivity contribution in [2.75, 3.05) is 6.54 Å². The second-order valence-corrected chi connectivity index (χ2v) is 3.77. The van der Waals surface area contributed by atoms with Crippen LogP contribution in [0.25, 0.3) is 0 Å². The molecule has 1 nitrogen and oxygen atoms in total. The Kier molecular flexibility index (Phi) is 4.36. The van der Waals surface area contributed by atoms with Gasteiger partial charge in [0.15, 0.2) is 0 Å². The van der Waals surface area contributed by atoms with E-state index in [2.05, 4.69) is 5.32 Å². The summed E-state index contributed by atoms with van der Waals surface area (Å²) in [5.74, 6) is -0.220. The molecule has 0 spiro atoms. The normalized spacial score (nSPS) is 12.9. The molecule has 0 saturated carbocycles. The van der Waals surface area contributed by atoms with Crippen molar-refractivity contribution in [2.24, 2.45) is 0 Å². The molecule has 0 aliphatic carbocycles. The Labute approximate surface area is 89.3 Å². The van der Waals surface area contributed by atoms with Gasteiger partial charge >= 0.3 is 0 Å². The first-order valence-corrected chi connectivity index (χ1v) is 5.19. The fraction of sp³-hybridized carbons (Fsp3) is 0.455. The smallest absolute Gasteiger partial charge is 0.127 e. The molecule has 0 fully saturated rings. The van der Waals surface area contributed by atoms with Crippen molar-refractivity contribution in [3.05, 3.63) is 34.6 Å². The third-order valence-electron chi connectivity index (χ3n) is 2.12. The highest BCUT2D eigenvalue weighted by molar-refractivity contribution is 6.31. The van der Waals surface area contributed by atoms with Crippen molar-refractivity contribution in [3.63, 3.8) is 0 Å². The second kappa shape index (κ2) is 5.32. The first-order valence-electron chi connectivity index (χ1n) is 4.81. The molecule has 1 aromatic carbocycles. The monoisotopic (exact) mass is 215 g/mol. The van der Waals surface area contributed by atoms with Crippen molar-refractivity contribution in [1.29, 1.82) is 0 Å². The van der Waals surface area contributed by atoms with E-state index in [0.717, 1.165) is 6.54 Å².